The van der Waals surface area contributed by atoms with Crippen LogP contribution in [-0.4, -0.2) is 72.7 Å². The minimum atomic E-state index is 0.0809. The Kier molecular flexibility index (Phi) is 4.22. The molecule has 0 amide bonds. The summed E-state index contributed by atoms with van der Waals surface area (Å²) in [5, 5.41) is 8.49. The third-order valence-electron chi connectivity index (χ3n) is 5.53. The Balaban J connectivity index is 1.35. The van der Waals surface area contributed by atoms with Crippen molar-refractivity contribution in [3.05, 3.63) is 17.8 Å². The lowest BCUT2D eigenvalue weighted by atomic mass is 9.87. The van der Waals surface area contributed by atoms with Crippen LogP contribution in [-0.2, 0) is 9.47 Å². The molecule has 0 aromatic carbocycles. The zero-order valence-corrected chi connectivity index (χ0v) is 13.9. The van der Waals surface area contributed by atoms with E-state index < -0.39 is 0 Å². The van der Waals surface area contributed by atoms with Crippen molar-refractivity contribution in [2.45, 2.75) is 37.8 Å². The van der Waals surface area contributed by atoms with E-state index in [4.69, 9.17) is 9.47 Å². The van der Waals surface area contributed by atoms with Crippen LogP contribution in [0, 0.1) is 6.92 Å². The second kappa shape index (κ2) is 6.34. The lowest BCUT2D eigenvalue weighted by Gasteiger charge is -2.39. The topological polar surface area (TPSA) is 50.7 Å². The standard InChI is InChI=1S/C17H26N4O2/c1-14-2-3-16(19-18-14)21-6-4-17(5-7-21)12-15(13-23-17)20-8-10-22-11-9-20/h2-3,15H,4-13H2,1H3. The van der Waals surface area contributed by atoms with E-state index in [9.17, 15) is 0 Å². The van der Waals surface area contributed by atoms with Crippen molar-refractivity contribution in [1.29, 1.82) is 0 Å². The monoisotopic (exact) mass is 318 g/mol. The second-order valence-electron chi connectivity index (χ2n) is 7.02. The first-order valence-electron chi connectivity index (χ1n) is 8.75. The van der Waals surface area contributed by atoms with Gasteiger partial charge in [-0.3, -0.25) is 4.90 Å². The highest BCUT2D eigenvalue weighted by atomic mass is 16.5. The summed E-state index contributed by atoms with van der Waals surface area (Å²) >= 11 is 0. The van der Waals surface area contributed by atoms with Gasteiger partial charge in [-0.1, -0.05) is 0 Å². The lowest BCUT2D eigenvalue weighted by molar-refractivity contribution is -0.0184. The summed E-state index contributed by atoms with van der Waals surface area (Å²) in [5.41, 5.74) is 1.05. The Labute approximate surface area is 137 Å². The normalized spacial score (nSPS) is 28.4. The van der Waals surface area contributed by atoms with E-state index >= 15 is 0 Å². The lowest BCUT2D eigenvalue weighted by Crippen LogP contribution is -2.47. The van der Waals surface area contributed by atoms with Crippen LogP contribution >= 0.6 is 0 Å². The van der Waals surface area contributed by atoms with Crippen LogP contribution in [0.5, 0.6) is 0 Å². The van der Waals surface area contributed by atoms with Gasteiger partial charge >= 0.3 is 0 Å². The van der Waals surface area contributed by atoms with Crippen molar-refractivity contribution in [3.63, 3.8) is 0 Å². The average Bonchev–Trinajstić information content (AvgIpc) is 3.01. The van der Waals surface area contributed by atoms with Crippen LogP contribution in [0.1, 0.15) is 25.0 Å². The molecular formula is C17H26N4O2. The zero-order chi connectivity index (χ0) is 15.7. The van der Waals surface area contributed by atoms with E-state index in [1.165, 1.54) is 6.42 Å². The molecule has 1 aromatic heterocycles. The number of ether oxygens (including phenoxy) is 2. The fourth-order valence-corrected chi connectivity index (χ4v) is 4.05. The molecule has 0 aliphatic carbocycles. The number of aromatic nitrogens is 2. The van der Waals surface area contributed by atoms with Crippen molar-refractivity contribution in [1.82, 2.24) is 15.1 Å². The third kappa shape index (κ3) is 3.20. The second-order valence-corrected chi connectivity index (χ2v) is 7.02. The first-order valence-corrected chi connectivity index (χ1v) is 8.75. The van der Waals surface area contributed by atoms with E-state index in [1.807, 2.05) is 13.0 Å². The molecule has 1 aromatic rings. The molecule has 1 atom stereocenters. The van der Waals surface area contributed by atoms with Crippen molar-refractivity contribution < 1.29 is 9.47 Å². The maximum absolute atomic E-state index is 6.31. The third-order valence-corrected chi connectivity index (χ3v) is 5.53. The maximum Gasteiger partial charge on any atom is 0.151 e. The smallest absolute Gasteiger partial charge is 0.151 e. The molecule has 3 fully saturated rings. The van der Waals surface area contributed by atoms with Crippen molar-refractivity contribution >= 4 is 5.82 Å². The van der Waals surface area contributed by atoms with Gasteiger partial charge in [-0.05, 0) is 38.3 Å². The van der Waals surface area contributed by atoms with Gasteiger partial charge < -0.3 is 14.4 Å². The Morgan fingerprint density at radius 1 is 1.09 bits per heavy atom. The van der Waals surface area contributed by atoms with Gasteiger partial charge in [0.25, 0.3) is 0 Å². The van der Waals surface area contributed by atoms with Gasteiger partial charge in [-0.25, -0.2) is 0 Å². The van der Waals surface area contributed by atoms with Crippen molar-refractivity contribution in [2.24, 2.45) is 0 Å². The van der Waals surface area contributed by atoms with Crippen LogP contribution in [0.4, 0.5) is 5.82 Å². The molecule has 23 heavy (non-hydrogen) atoms. The number of nitrogens with zero attached hydrogens (tertiary/aromatic N) is 4. The van der Waals surface area contributed by atoms with Gasteiger partial charge in [-0.15, -0.1) is 5.10 Å². The van der Waals surface area contributed by atoms with Crippen molar-refractivity contribution in [3.8, 4) is 0 Å². The molecular weight excluding hydrogens is 292 g/mol. The fourth-order valence-electron chi connectivity index (χ4n) is 4.05. The minimum Gasteiger partial charge on any atom is -0.379 e. The highest BCUT2D eigenvalue weighted by molar-refractivity contribution is 5.38. The number of hydrogen-bond donors (Lipinski definition) is 0. The van der Waals surface area contributed by atoms with Crippen LogP contribution in [0.3, 0.4) is 0 Å². The summed E-state index contributed by atoms with van der Waals surface area (Å²) in [5.74, 6) is 0.994. The Morgan fingerprint density at radius 2 is 1.87 bits per heavy atom. The van der Waals surface area contributed by atoms with E-state index in [1.54, 1.807) is 0 Å². The number of aryl methyl sites for hydroxylation is 1. The van der Waals surface area contributed by atoms with Gasteiger partial charge in [0.15, 0.2) is 5.82 Å². The van der Waals surface area contributed by atoms with Crippen LogP contribution in [0.15, 0.2) is 12.1 Å². The molecule has 6 heteroatoms. The molecule has 0 radical (unpaired) electrons. The van der Waals surface area contributed by atoms with Crippen molar-refractivity contribution in [2.75, 3.05) is 50.9 Å². The predicted octanol–water partition coefficient (Wildman–Crippen LogP) is 1.25. The molecule has 0 bridgehead atoms. The largest absolute Gasteiger partial charge is 0.379 e. The molecule has 126 valence electrons. The van der Waals surface area contributed by atoms with Crippen LogP contribution < -0.4 is 4.90 Å². The van der Waals surface area contributed by atoms with E-state index in [-0.39, 0.29) is 5.60 Å². The quantitative estimate of drug-likeness (QED) is 0.818. The summed E-state index contributed by atoms with van der Waals surface area (Å²) in [6.07, 6.45) is 3.34. The molecule has 3 aliphatic heterocycles. The van der Waals surface area contributed by atoms with Gasteiger partial charge in [0.05, 0.1) is 31.1 Å². The summed E-state index contributed by atoms with van der Waals surface area (Å²) < 4.78 is 11.8. The first-order chi connectivity index (χ1) is 11.2. The molecule has 1 unspecified atom stereocenters. The van der Waals surface area contributed by atoms with E-state index in [0.29, 0.717) is 6.04 Å². The number of hydrogen-bond acceptors (Lipinski definition) is 6. The zero-order valence-electron chi connectivity index (χ0n) is 13.9. The average molecular weight is 318 g/mol. The molecule has 3 saturated heterocycles. The number of anilines is 1. The Hall–Kier alpha value is -1.24. The summed E-state index contributed by atoms with van der Waals surface area (Å²) in [4.78, 5) is 4.89. The van der Waals surface area contributed by atoms with Gasteiger partial charge in [0.1, 0.15) is 0 Å². The molecule has 4 rings (SSSR count). The van der Waals surface area contributed by atoms with Crippen LogP contribution in [0.2, 0.25) is 0 Å². The summed E-state index contributed by atoms with van der Waals surface area (Å²) in [7, 11) is 0. The number of rotatable bonds is 2. The SMILES string of the molecule is Cc1ccc(N2CCC3(CC2)CC(N2CCOCC2)CO3)nn1. The highest BCUT2D eigenvalue weighted by Crippen LogP contribution is 2.38. The van der Waals surface area contributed by atoms with Gasteiger partial charge in [0, 0.05) is 32.2 Å². The highest BCUT2D eigenvalue weighted by Gasteiger charge is 2.44. The van der Waals surface area contributed by atoms with E-state index in [0.717, 1.165) is 70.4 Å². The van der Waals surface area contributed by atoms with Gasteiger partial charge in [-0.2, -0.15) is 5.10 Å². The molecule has 0 saturated carbocycles. The minimum absolute atomic E-state index is 0.0809. The maximum atomic E-state index is 6.31. The van der Waals surface area contributed by atoms with E-state index in [2.05, 4.69) is 26.1 Å². The molecule has 4 heterocycles. The molecule has 3 aliphatic rings. The summed E-state index contributed by atoms with van der Waals surface area (Å²) in [6, 6.07) is 4.68. The number of piperidine rings is 1. The van der Waals surface area contributed by atoms with Gasteiger partial charge in [0.2, 0.25) is 0 Å². The summed E-state index contributed by atoms with van der Waals surface area (Å²) in [6.45, 7) is 8.70. The molecule has 1 spiro atoms. The van der Waals surface area contributed by atoms with Crippen LogP contribution in [0.25, 0.3) is 0 Å². The first kappa shape index (κ1) is 15.3. The predicted molar refractivity (Wildman–Crippen MR) is 87.7 cm³/mol. The molecule has 6 nitrogen and oxygen atoms in total. The Morgan fingerprint density at radius 3 is 2.57 bits per heavy atom. The fraction of sp³-hybridized carbons (Fsp3) is 0.765. The molecule has 0 N–H and O–H groups in total. The Bertz CT molecular complexity index is 522. The number of morpholine rings is 1.